The second kappa shape index (κ2) is 7.27. The molecule has 1 aliphatic heterocycles. The smallest absolute Gasteiger partial charge is 0.254 e. The van der Waals surface area contributed by atoms with E-state index in [1.54, 1.807) is 19.5 Å². The number of anilines is 1. The Kier molecular flexibility index (Phi) is 4.67. The number of ether oxygens (including phenoxy) is 1. The summed E-state index contributed by atoms with van der Waals surface area (Å²) < 4.78 is 5.23. The van der Waals surface area contributed by atoms with E-state index in [4.69, 9.17) is 4.74 Å². The lowest BCUT2D eigenvalue weighted by Crippen LogP contribution is -2.54. The number of carbonyl (C=O) groups excluding carboxylic acids is 1. The van der Waals surface area contributed by atoms with Gasteiger partial charge in [-0.2, -0.15) is 0 Å². The molecule has 5 heteroatoms. The molecule has 1 amide bonds. The van der Waals surface area contributed by atoms with Crippen LogP contribution in [0.1, 0.15) is 17.3 Å². The van der Waals surface area contributed by atoms with Gasteiger partial charge in [0, 0.05) is 54.7 Å². The van der Waals surface area contributed by atoms with E-state index in [-0.39, 0.29) is 11.9 Å². The second-order valence-corrected chi connectivity index (χ2v) is 6.89. The van der Waals surface area contributed by atoms with Gasteiger partial charge in [-0.1, -0.05) is 12.1 Å². The van der Waals surface area contributed by atoms with E-state index >= 15 is 0 Å². The second-order valence-electron chi connectivity index (χ2n) is 6.89. The van der Waals surface area contributed by atoms with Crippen molar-refractivity contribution in [1.29, 1.82) is 0 Å². The topological polar surface area (TPSA) is 45.7 Å². The van der Waals surface area contributed by atoms with Crippen LogP contribution in [0.5, 0.6) is 5.75 Å². The van der Waals surface area contributed by atoms with Crippen molar-refractivity contribution in [3.63, 3.8) is 0 Å². The van der Waals surface area contributed by atoms with Crippen LogP contribution in [-0.4, -0.2) is 48.6 Å². The summed E-state index contributed by atoms with van der Waals surface area (Å²) in [6, 6.07) is 16.0. The van der Waals surface area contributed by atoms with Gasteiger partial charge in [0.25, 0.3) is 5.91 Å². The summed E-state index contributed by atoms with van der Waals surface area (Å²) in [5.74, 6) is 0.944. The van der Waals surface area contributed by atoms with E-state index in [0.717, 1.165) is 40.9 Å². The number of piperazine rings is 1. The zero-order chi connectivity index (χ0) is 18.8. The molecule has 0 radical (unpaired) electrons. The number of pyridine rings is 1. The molecule has 2 aromatic carbocycles. The molecule has 1 atom stereocenters. The molecule has 1 aliphatic rings. The molecule has 0 aliphatic carbocycles. The number of nitrogens with zero attached hydrogens (tertiary/aromatic N) is 3. The lowest BCUT2D eigenvalue weighted by atomic mass is 10.0. The first-order valence-electron chi connectivity index (χ1n) is 9.20. The molecule has 1 fully saturated rings. The highest BCUT2D eigenvalue weighted by molar-refractivity contribution is 6.07. The first-order valence-corrected chi connectivity index (χ1v) is 9.20. The fourth-order valence-corrected chi connectivity index (χ4v) is 3.75. The van der Waals surface area contributed by atoms with Crippen LogP contribution < -0.4 is 9.64 Å². The molecule has 1 saturated heterocycles. The van der Waals surface area contributed by atoms with Crippen molar-refractivity contribution in [1.82, 2.24) is 9.88 Å². The monoisotopic (exact) mass is 361 g/mol. The maximum Gasteiger partial charge on any atom is 0.254 e. The van der Waals surface area contributed by atoms with Gasteiger partial charge in [-0.3, -0.25) is 9.78 Å². The van der Waals surface area contributed by atoms with Crippen molar-refractivity contribution in [2.75, 3.05) is 31.6 Å². The van der Waals surface area contributed by atoms with E-state index < -0.39 is 0 Å². The SMILES string of the molecule is COc1ccc(N2CCN(C(=O)c3cccc4cnccc34)[C@@H](C)C2)cc1. The number of carbonyl (C=O) groups is 1. The summed E-state index contributed by atoms with van der Waals surface area (Å²) in [5, 5.41) is 1.95. The van der Waals surface area contributed by atoms with Crippen molar-refractivity contribution in [3.8, 4) is 5.75 Å². The van der Waals surface area contributed by atoms with Gasteiger partial charge in [-0.25, -0.2) is 0 Å². The molecule has 0 spiro atoms. The Bertz CT molecular complexity index is 950. The lowest BCUT2D eigenvalue weighted by Gasteiger charge is -2.41. The van der Waals surface area contributed by atoms with Crippen molar-refractivity contribution in [2.24, 2.45) is 0 Å². The van der Waals surface area contributed by atoms with Crippen LogP contribution in [0.2, 0.25) is 0 Å². The number of fused-ring (bicyclic) bond motifs is 1. The highest BCUT2D eigenvalue weighted by Crippen LogP contribution is 2.25. The Labute approximate surface area is 159 Å². The average molecular weight is 361 g/mol. The molecule has 27 heavy (non-hydrogen) atoms. The van der Waals surface area contributed by atoms with Crippen LogP contribution >= 0.6 is 0 Å². The molecule has 4 rings (SSSR count). The van der Waals surface area contributed by atoms with E-state index in [1.807, 2.05) is 41.3 Å². The van der Waals surface area contributed by atoms with Gasteiger partial charge < -0.3 is 14.5 Å². The van der Waals surface area contributed by atoms with Crippen molar-refractivity contribution >= 4 is 22.4 Å². The predicted octanol–water partition coefficient (Wildman–Crippen LogP) is 3.59. The number of amides is 1. The molecule has 1 aromatic heterocycles. The molecule has 0 unspecified atom stereocenters. The molecule has 0 bridgehead atoms. The molecule has 138 valence electrons. The maximum atomic E-state index is 13.2. The number of hydrogen-bond acceptors (Lipinski definition) is 4. The molecule has 0 N–H and O–H groups in total. The Morgan fingerprint density at radius 2 is 1.93 bits per heavy atom. The fourth-order valence-electron chi connectivity index (χ4n) is 3.75. The molecule has 2 heterocycles. The van der Waals surface area contributed by atoms with Gasteiger partial charge in [-0.05, 0) is 48.7 Å². The molecule has 5 nitrogen and oxygen atoms in total. The maximum absolute atomic E-state index is 13.2. The summed E-state index contributed by atoms with van der Waals surface area (Å²) in [5.41, 5.74) is 1.91. The molecule has 0 saturated carbocycles. The van der Waals surface area contributed by atoms with Crippen LogP contribution in [0.3, 0.4) is 0 Å². The van der Waals surface area contributed by atoms with Gasteiger partial charge in [0.1, 0.15) is 5.75 Å². The summed E-state index contributed by atoms with van der Waals surface area (Å²) in [6.07, 6.45) is 3.54. The number of hydrogen-bond donors (Lipinski definition) is 0. The first kappa shape index (κ1) is 17.3. The van der Waals surface area contributed by atoms with Gasteiger partial charge in [-0.15, -0.1) is 0 Å². The van der Waals surface area contributed by atoms with E-state index in [1.165, 1.54) is 0 Å². The van der Waals surface area contributed by atoms with E-state index in [2.05, 4.69) is 28.9 Å². The van der Waals surface area contributed by atoms with Gasteiger partial charge in [0.15, 0.2) is 0 Å². The Morgan fingerprint density at radius 3 is 2.67 bits per heavy atom. The Hall–Kier alpha value is -3.08. The summed E-state index contributed by atoms with van der Waals surface area (Å²) in [4.78, 5) is 21.7. The van der Waals surface area contributed by atoms with Gasteiger partial charge in [0.05, 0.1) is 7.11 Å². The van der Waals surface area contributed by atoms with Crippen molar-refractivity contribution in [3.05, 3.63) is 66.5 Å². The third-order valence-electron chi connectivity index (χ3n) is 5.24. The third kappa shape index (κ3) is 3.33. The summed E-state index contributed by atoms with van der Waals surface area (Å²) in [6.45, 7) is 4.44. The van der Waals surface area contributed by atoms with E-state index in [0.29, 0.717) is 6.54 Å². The number of rotatable bonds is 3. The quantitative estimate of drug-likeness (QED) is 0.715. The third-order valence-corrected chi connectivity index (χ3v) is 5.24. The minimum atomic E-state index is 0.0914. The van der Waals surface area contributed by atoms with Crippen molar-refractivity contribution in [2.45, 2.75) is 13.0 Å². The Morgan fingerprint density at radius 1 is 1.11 bits per heavy atom. The molecular formula is C22H23N3O2. The lowest BCUT2D eigenvalue weighted by molar-refractivity contribution is 0.0676. The number of benzene rings is 2. The van der Waals surface area contributed by atoms with Crippen LogP contribution in [-0.2, 0) is 0 Å². The molecular weight excluding hydrogens is 338 g/mol. The average Bonchev–Trinajstić information content (AvgIpc) is 2.73. The summed E-state index contributed by atoms with van der Waals surface area (Å²) in [7, 11) is 1.67. The van der Waals surface area contributed by atoms with E-state index in [9.17, 15) is 4.79 Å². The largest absolute Gasteiger partial charge is 0.497 e. The minimum Gasteiger partial charge on any atom is -0.497 e. The highest BCUT2D eigenvalue weighted by atomic mass is 16.5. The van der Waals surface area contributed by atoms with Gasteiger partial charge >= 0.3 is 0 Å². The Balaban J connectivity index is 1.53. The molecule has 3 aromatic rings. The van der Waals surface area contributed by atoms with Crippen molar-refractivity contribution < 1.29 is 9.53 Å². The fraction of sp³-hybridized carbons (Fsp3) is 0.273. The van der Waals surface area contributed by atoms with Gasteiger partial charge in [0.2, 0.25) is 0 Å². The van der Waals surface area contributed by atoms with Crippen LogP contribution in [0.4, 0.5) is 5.69 Å². The number of aromatic nitrogens is 1. The van der Waals surface area contributed by atoms with Crippen LogP contribution in [0.15, 0.2) is 60.9 Å². The minimum absolute atomic E-state index is 0.0914. The summed E-state index contributed by atoms with van der Waals surface area (Å²) >= 11 is 0. The normalized spacial score (nSPS) is 17.2. The van der Waals surface area contributed by atoms with Crippen LogP contribution in [0, 0.1) is 0 Å². The first-order chi connectivity index (χ1) is 13.2. The predicted molar refractivity (Wildman–Crippen MR) is 107 cm³/mol. The standard InChI is InChI=1S/C22H23N3O2/c1-16-15-24(18-6-8-19(27-2)9-7-18)12-13-25(16)22(26)21-5-3-4-17-14-23-11-10-20(17)21/h3-11,14,16H,12-13,15H2,1-2H3/t16-/m0/s1. The zero-order valence-electron chi connectivity index (χ0n) is 15.6. The zero-order valence-corrected chi connectivity index (χ0v) is 15.6. The highest BCUT2D eigenvalue weighted by Gasteiger charge is 2.29. The van der Waals surface area contributed by atoms with Crippen LogP contribution in [0.25, 0.3) is 10.8 Å². The number of methoxy groups -OCH3 is 1.